The highest BCUT2D eigenvalue weighted by molar-refractivity contribution is 5.29. The first-order valence-corrected chi connectivity index (χ1v) is 8.99. The molecule has 0 saturated carbocycles. The molecule has 0 aliphatic heterocycles. The fourth-order valence-electron chi connectivity index (χ4n) is 2.71. The van der Waals surface area contributed by atoms with Crippen LogP contribution >= 0.6 is 0 Å². The Kier molecular flexibility index (Phi) is 6.68. The number of benzene rings is 3. The Labute approximate surface area is 155 Å². The average Bonchev–Trinajstić information content (AvgIpc) is 2.71. The van der Waals surface area contributed by atoms with Crippen LogP contribution in [0.1, 0.15) is 24.1 Å². The predicted molar refractivity (Wildman–Crippen MR) is 106 cm³/mol. The van der Waals surface area contributed by atoms with Crippen molar-refractivity contribution in [3.63, 3.8) is 0 Å². The van der Waals surface area contributed by atoms with Crippen molar-refractivity contribution in [2.24, 2.45) is 0 Å². The zero-order valence-corrected chi connectivity index (χ0v) is 15.1. The Bertz CT molecular complexity index is 774. The number of hydrogen-bond donors (Lipinski definition) is 1. The van der Waals surface area contributed by atoms with E-state index in [1.54, 1.807) is 0 Å². The van der Waals surface area contributed by atoms with Crippen LogP contribution in [0, 0.1) is 0 Å². The number of para-hydroxylation sites is 1. The van der Waals surface area contributed by atoms with Gasteiger partial charge in [-0.2, -0.15) is 0 Å². The van der Waals surface area contributed by atoms with E-state index in [0.29, 0.717) is 19.3 Å². The summed E-state index contributed by atoms with van der Waals surface area (Å²) < 4.78 is 11.5. The van der Waals surface area contributed by atoms with E-state index in [0.717, 1.165) is 18.0 Å². The van der Waals surface area contributed by atoms with Gasteiger partial charge in [0.15, 0.2) is 0 Å². The molecule has 0 aromatic heterocycles. The van der Waals surface area contributed by atoms with Crippen LogP contribution in [-0.2, 0) is 6.54 Å². The Hall–Kier alpha value is -2.78. The highest BCUT2D eigenvalue weighted by Gasteiger charge is 2.04. The van der Waals surface area contributed by atoms with Gasteiger partial charge in [0.1, 0.15) is 24.7 Å². The molecule has 3 heteroatoms. The van der Waals surface area contributed by atoms with Crippen LogP contribution in [0.15, 0.2) is 84.9 Å². The standard InChI is InChI=1S/C23H25NO2/c1-19(21-10-4-2-5-11-21)24-18-20-9-8-14-23(17-20)26-16-15-25-22-12-6-3-7-13-22/h2-14,17,19,24H,15-16,18H2,1H3/t19-/m0/s1. The molecule has 0 bridgehead atoms. The van der Waals surface area contributed by atoms with Crippen LogP contribution in [0.5, 0.6) is 11.5 Å². The van der Waals surface area contributed by atoms with E-state index in [1.165, 1.54) is 11.1 Å². The molecule has 26 heavy (non-hydrogen) atoms. The van der Waals surface area contributed by atoms with Crippen LogP contribution in [-0.4, -0.2) is 13.2 Å². The van der Waals surface area contributed by atoms with Crippen molar-refractivity contribution in [2.75, 3.05) is 13.2 Å². The van der Waals surface area contributed by atoms with Crippen LogP contribution in [0.3, 0.4) is 0 Å². The molecule has 0 fully saturated rings. The van der Waals surface area contributed by atoms with Gasteiger partial charge >= 0.3 is 0 Å². The number of nitrogens with one attached hydrogen (secondary N) is 1. The first kappa shape index (κ1) is 18.0. The first-order valence-electron chi connectivity index (χ1n) is 8.99. The Balaban J connectivity index is 1.44. The summed E-state index contributed by atoms with van der Waals surface area (Å²) in [5, 5.41) is 3.55. The highest BCUT2D eigenvalue weighted by atomic mass is 16.5. The second-order valence-corrected chi connectivity index (χ2v) is 6.17. The van der Waals surface area contributed by atoms with E-state index in [-0.39, 0.29) is 0 Å². The van der Waals surface area contributed by atoms with E-state index < -0.39 is 0 Å². The molecule has 1 atom stereocenters. The van der Waals surface area contributed by atoms with Gasteiger partial charge in [-0.25, -0.2) is 0 Å². The minimum absolute atomic E-state index is 0.306. The molecule has 0 spiro atoms. The SMILES string of the molecule is C[C@H](NCc1cccc(OCCOc2ccccc2)c1)c1ccccc1. The molecule has 3 aromatic carbocycles. The molecule has 0 saturated heterocycles. The molecule has 3 rings (SSSR count). The van der Waals surface area contributed by atoms with Crippen LogP contribution < -0.4 is 14.8 Å². The molecule has 0 amide bonds. The molecule has 0 unspecified atom stereocenters. The van der Waals surface area contributed by atoms with Crippen molar-refractivity contribution in [1.29, 1.82) is 0 Å². The lowest BCUT2D eigenvalue weighted by Crippen LogP contribution is -2.18. The molecule has 0 aliphatic carbocycles. The van der Waals surface area contributed by atoms with Gasteiger partial charge in [-0.05, 0) is 42.3 Å². The molecule has 3 aromatic rings. The van der Waals surface area contributed by atoms with Gasteiger partial charge < -0.3 is 14.8 Å². The summed E-state index contributed by atoms with van der Waals surface area (Å²) >= 11 is 0. The molecule has 0 heterocycles. The zero-order valence-electron chi connectivity index (χ0n) is 15.1. The third kappa shape index (κ3) is 5.64. The highest BCUT2D eigenvalue weighted by Crippen LogP contribution is 2.16. The lowest BCUT2D eigenvalue weighted by atomic mass is 10.1. The van der Waals surface area contributed by atoms with Crippen molar-refractivity contribution in [1.82, 2.24) is 5.32 Å². The van der Waals surface area contributed by atoms with Crippen LogP contribution in [0.25, 0.3) is 0 Å². The molecule has 1 N–H and O–H groups in total. The molecular weight excluding hydrogens is 322 g/mol. The second-order valence-electron chi connectivity index (χ2n) is 6.17. The number of ether oxygens (including phenoxy) is 2. The third-order valence-corrected chi connectivity index (χ3v) is 4.17. The summed E-state index contributed by atoms with van der Waals surface area (Å²) in [5.74, 6) is 1.73. The summed E-state index contributed by atoms with van der Waals surface area (Å²) in [6.07, 6.45) is 0. The smallest absolute Gasteiger partial charge is 0.122 e. The maximum Gasteiger partial charge on any atom is 0.122 e. The fourth-order valence-corrected chi connectivity index (χ4v) is 2.71. The molecule has 0 aliphatic rings. The van der Waals surface area contributed by atoms with Gasteiger partial charge in [-0.3, -0.25) is 0 Å². The maximum absolute atomic E-state index is 5.81. The Morgan fingerprint density at radius 2 is 1.35 bits per heavy atom. The fraction of sp³-hybridized carbons (Fsp3) is 0.217. The maximum atomic E-state index is 5.81. The minimum Gasteiger partial charge on any atom is -0.490 e. The quantitative estimate of drug-likeness (QED) is 0.553. The Morgan fingerprint density at radius 3 is 2.08 bits per heavy atom. The second kappa shape index (κ2) is 9.64. The van der Waals surface area contributed by atoms with E-state index in [1.807, 2.05) is 48.5 Å². The van der Waals surface area contributed by atoms with Crippen LogP contribution in [0.2, 0.25) is 0 Å². The zero-order chi connectivity index (χ0) is 18.0. The van der Waals surface area contributed by atoms with Gasteiger partial charge in [-0.1, -0.05) is 60.7 Å². The molecular formula is C23H25NO2. The van der Waals surface area contributed by atoms with E-state index >= 15 is 0 Å². The summed E-state index contributed by atoms with van der Waals surface area (Å²) in [6, 6.07) is 28.7. The summed E-state index contributed by atoms with van der Waals surface area (Å²) in [5.41, 5.74) is 2.49. The third-order valence-electron chi connectivity index (χ3n) is 4.17. The first-order chi connectivity index (χ1) is 12.8. The van der Waals surface area contributed by atoms with Gasteiger partial charge in [-0.15, -0.1) is 0 Å². The summed E-state index contributed by atoms with van der Waals surface area (Å²) in [6.45, 7) is 4.02. The van der Waals surface area contributed by atoms with Crippen LogP contribution in [0.4, 0.5) is 0 Å². The van der Waals surface area contributed by atoms with Crippen molar-refractivity contribution in [2.45, 2.75) is 19.5 Å². The van der Waals surface area contributed by atoms with Crippen molar-refractivity contribution in [3.05, 3.63) is 96.1 Å². The number of rotatable bonds is 9. The van der Waals surface area contributed by atoms with Crippen molar-refractivity contribution in [3.8, 4) is 11.5 Å². The van der Waals surface area contributed by atoms with Gasteiger partial charge in [0.2, 0.25) is 0 Å². The van der Waals surface area contributed by atoms with Crippen molar-refractivity contribution < 1.29 is 9.47 Å². The minimum atomic E-state index is 0.306. The van der Waals surface area contributed by atoms with Gasteiger partial charge in [0.05, 0.1) is 0 Å². The lowest BCUT2D eigenvalue weighted by molar-refractivity contribution is 0.217. The average molecular weight is 347 g/mol. The van der Waals surface area contributed by atoms with Crippen molar-refractivity contribution >= 4 is 0 Å². The summed E-state index contributed by atoms with van der Waals surface area (Å²) in [4.78, 5) is 0. The van der Waals surface area contributed by atoms with Gasteiger partial charge in [0.25, 0.3) is 0 Å². The summed E-state index contributed by atoms with van der Waals surface area (Å²) in [7, 11) is 0. The monoisotopic (exact) mass is 347 g/mol. The van der Waals surface area contributed by atoms with Gasteiger partial charge in [0, 0.05) is 12.6 Å². The topological polar surface area (TPSA) is 30.5 Å². The Morgan fingerprint density at radius 1 is 0.731 bits per heavy atom. The normalized spacial score (nSPS) is 11.7. The van der Waals surface area contributed by atoms with E-state index in [4.69, 9.17) is 9.47 Å². The molecule has 0 radical (unpaired) electrons. The lowest BCUT2D eigenvalue weighted by Gasteiger charge is -2.15. The number of hydrogen-bond acceptors (Lipinski definition) is 3. The largest absolute Gasteiger partial charge is 0.490 e. The predicted octanol–water partition coefficient (Wildman–Crippen LogP) is 5.00. The van der Waals surface area contributed by atoms with E-state index in [9.17, 15) is 0 Å². The molecule has 134 valence electrons. The van der Waals surface area contributed by atoms with E-state index in [2.05, 4.69) is 48.6 Å². The molecule has 3 nitrogen and oxygen atoms in total.